The highest BCUT2D eigenvalue weighted by Crippen LogP contribution is 2.70. The van der Waals surface area contributed by atoms with Gasteiger partial charge in [0.2, 0.25) is 0 Å². The van der Waals surface area contributed by atoms with E-state index in [4.69, 9.17) is 0 Å². The van der Waals surface area contributed by atoms with Gasteiger partial charge in [-0.05, 0) is 34.5 Å². The lowest BCUT2D eigenvalue weighted by Gasteiger charge is -2.56. The van der Waals surface area contributed by atoms with E-state index in [2.05, 4.69) is 48.5 Å². The van der Waals surface area contributed by atoms with Gasteiger partial charge in [0.25, 0.3) is 0 Å². The van der Waals surface area contributed by atoms with Crippen LogP contribution in [-0.4, -0.2) is 11.1 Å². The summed E-state index contributed by atoms with van der Waals surface area (Å²) in [4.78, 5) is 11.2. The molecule has 0 aliphatic heterocycles. The molecule has 2 unspecified atom stereocenters. The summed E-state index contributed by atoms with van der Waals surface area (Å²) in [6.07, 6.45) is 2.41. The molecule has 0 spiro atoms. The molecule has 0 bridgehead atoms. The summed E-state index contributed by atoms with van der Waals surface area (Å²) in [5.74, 6) is -0.666. The van der Waals surface area contributed by atoms with Gasteiger partial charge in [-0.25, -0.2) is 0 Å². The van der Waals surface area contributed by atoms with Crippen molar-refractivity contribution in [3.63, 3.8) is 0 Å². The van der Waals surface area contributed by atoms with Crippen LogP contribution in [0.2, 0.25) is 0 Å². The first-order valence-electron chi connectivity index (χ1n) is 6.59. The second-order valence-corrected chi connectivity index (χ2v) is 7.89. The van der Waals surface area contributed by atoms with E-state index >= 15 is 0 Å². The van der Waals surface area contributed by atoms with Gasteiger partial charge in [-0.1, -0.05) is 48.5 Å². The Hall–Kier alpha value is -0.530. The fourth-order valence-electron chi connectivity index (χ4n) is 4.42. The SMILES string of the molecule is CC(C)(C)C1(C)C(C)(C)CCC1(C)CC(=O)O. The number of aliphatic carboxylic acids is 1. The van der Waals surface area contributed by atoms with Crippen molar-refractivity contribution >= 4 is 5.97 Å². The normalized spacial score (nSPS) is 37.1. The minimum atomic E-state index is -0.666. The zero-order chi connectivity index (χ0) is 13.7. The Morgan fingerprint density at radius 1 is 1.12 bits per heavy atom. The molecule has 1 N–H and O–H groups in total. The summed E-state index contributed by atoms with van der Waals surface area (Å²) >= 11 is 0. The first-order chi connectivity index (χ1) is 7.37. The van der Waals surface area contributed by atoms with Crippen molar-refractivity contribution in [3.05, 3.63) is 0 Å². The molecule has 0 aromatic heterocycles. The van der Waals surface area contributed by atoms with Crippen LogP contribution in [0.25, 0.3) is 0 Å². The lowest BCUT2D eigenvalue weighted by Crippen LogP contribution is -2.51. The summed E-state index contributed by atoms with van der Waals surface area (Å²) in [5.41, 5.74) is 0.221. The Kier molecular flexibility index (Phi) is 3.19. The minimum absolute atomic E-state index is 0.0331. The zero-order valence-electron chi connectivity index (χ0n) is 12.5. The summed E-state index contributed by atoms with van der Waals surface area (Å²) in [7, 11) is 0. The predicted octanol–water partition coefficient (Wildman–Crippen LogP) is 4.34. The average molecular weight is 240 g/mol. The molecular weight excluding hydrogens is 212 g/mol. The second-order valence-electron chi connectivity index (χ2n) is 7.89. The van der Waals surface area contributed by atoms with Crippen LogP contribution in [0.5, 0.6) is 0 Å². The molecule has 0 aromatic rings. The Morgan fingerprint density at radius 3 is 1.94 bits per heavy atom. The van der Waals surface area contributed by atoms with Crippen molar-refractivity contribution in [3.8, 4) is 0 Å². The van der Waals surface area contributed by atoms with E-state index in [1.807, 2.05) is 0 Å². The maximum atomic E-state index is 11.2. The molecule has 2 heteroatoms. The van der Waals surface area contributed by atoms with Crippen LogP contribution in [0.3, 0.4) is 0 Å². The summed E-state index contributed by atoms with van der Waals surface area (Å²) in [6, 6.07) is 0. The molecule has 1 rings (SSSR count). The number of carboxylic acid groups (broad SMARTS) is 1. The highest BCUT2D eigenvalue weighted by atomic mass is 16.4. The fourth-order valence-corrected chi connectivity index (χ4v) is 4.42. The second kappa shape index (κ2) is 3.73. The summed E-state index contributed by atoms with van der Waals surface area (Å²) in [5, 5.41) is 9.21. The van der Waals surface area contributed by atoms with E-state index in [-0.39, 0.29) is 28.1 Å². The first kappa shape index (κ1) is 14.5. The summed E-state index contributed by atoms with van der Waals surface area (Å²) in [6.45, 7) is 15.8. The van der Waals surface area contributed by atoms with Crippen molar-refractivity contribution in [1.82, 2.24) is 0 Å². The topological polar surface area (TPSA) is 37.3 Å². The Labute approximate surface area is 106 Å². The van der Waals surface area contributed by atoms with Gasteiger partial charge in [0.05, 0.1) is 6.42 Å². The minimum Gasteiger partial charge on any atom is -0.481 e. The van der Waals surface area contributed by atoms with Gasteiger partial charge in [-0.3, -0.25) is 4.79 Å². The highest BCUT2D eigenvalue weighted by molar-refractivity contribution is 5.68. The maximum Gasteiger partial charge on any atom is 0.303 e. The van der Waals surface area contributed by atoms with E-state index in [9.17, 15) is 9.90 Å². The van der Waals surface area contributed by atoms with E-state index in [0.717, 1.165) is 12.8 Å². The van der Waals surface area contributed by atoms with Crippen LogP contribution in [0.15, 0.2) is 0 Å². The molecule has 0 heterocycles. The maximum absolute atomic E-state index is 11.2. The van der Waals surface area contributed by atoms with Gasteiger partial charge in [0.1, 0.15) is 0 Å². The van der Waals surface area contributed by atoms with Gasteiger partial charge in [0, 0.05) is 0 Å². The number of hydrogen-bond acceptors (Lipinski definition) is 1. The summed E-state index contributed by atoms with van der Waals surface area (Å²) < 4.78 is 0. The fraction of sp³-hybridized carbons (Fsp3) is 0.933. The smallest absolute Gasteiger partial charge is 0.303 e. The Bertz CT molecular complexity index is 324. The lowest BCUT2D eigenvalue weighted by molar-refractivity contribution is -0.147. The first-order valence-corrected chi connectivity index (χ1v) is 6.59. The van der Waals surface area contributed by atoms with Crippen LogP contribution in [0.4, 0.5) is 0 Å². The molecule has 1 fully saturated rings. The van der Waals surface area contributed by atoms with E-state index in [1.54, 1.807) is 0 Å². The average Bonchev–Trinajstić information content (AvgIpc) is 2.26. The zero-order valence-corrected chi connectivity index (χ0v) is 12.5. The van der Waals surface area contributed by atoms with Crippen molar-refractivity contribution < 1.29 is 9.90 Å². The molecular formula is C15H28O2. The third-order valence-corrected chi connectivity index (χ3v) is 5.90. The largest absolute Gasteiger partial charge is 0.481 e. The third kappa shape index (κ3) is 1.90. The van der Waals surface area contributed by atoms with Gasteiger partial charge in [-0.15, -0.1) is 0 Å². The van der Waals surface area contributed by atoms with Crippen molar-refractivity contribution in [2.45, 2.75) is 67.7 Å². The van der Waals surface area contributed by atoms with E-state index in [1.165, 1.54) is 0 Å². The molecule has 0 aromatic carbocycles. The van der Waals surface area contributed by atoms with Gasteiger partial charge in [-0.2, -0.15) is 0 Å². The predicted molar refractivity (Wildman–Crippen MR) is 70.9 cm³/mol. The standard InChI is InChI=1S/C15H28O2/c1-12(2,3)15(7)13(4,5)8-9-14(15,6)10-11(16)17/h8-10H2,1-7H3,(H,16,17). The molecule has 1 aliphatic rings. The van der Waals surface area contributed by atoms with Crippen molar-refractivity contribution in [1.29, 1.82) is 0 Å². The molecule has 1 aliphatic carbocycles. The Balaban J connectivity index is 3.30. The Morgan fingerprint density at radius 2 is 1.59 bits per heavy atom. The lowest BCUT2D eigenvalue weighted by atomic mass is 9.48. The molecule has 100 valence electrons. The van der Waals surface area contributed by atoms with Gasteiger partial charge in [0.15, 0.2) is 0 Å². The molecule has 17 heavy (non-hydrogen) atoms. The van der Waals surface area contributed by atoms with Crippen molar-refractivity contribution in [2.75, 3.05) is 0 Å². The number of hydrogen-bond donors (Lipinski definition) is 1. The molecule has 1 saturated carbocycles. The van der Waals surface area contributed by atoms with Gasteiger partial charge < -0.3 is 5.11 Å². The number of carboxylic acids is 1. The van der Waals surface area contributed by atoms with Gasteiger partial charge >= 0.3 is 5.97 Å². The molecule has 0 amide bonds. The van der Waals surface area contributed by atoms with E-state index in [0.29, 0.717) is 0 Å². The molecule has 2 atom stereocenters. The number of carbonyl (C=O) groups is 1. The quantitative estimate of drug-likeness (QED) is 0.779. The molecule has 0 radical (unpaired) electrons. The third-order valence-electron chi connectivity index (χ3n) is 5.90. The highest BCUT2D eigenvalue weighted by Gasteiger charge is 2.63. The van der Waals surface area contributed by atoms with Crippen LogP contribution in [0.1, 0.15) is 67.7 Å². The van der Waals surface area contributed by atoms with Crippen molar-refractivity contribution in [2.24, 2.45) is 21.7 Å². The molecule has 0 saturated heterocycles. The number of rotatable bonds is 2. The monoisotopic (exact) mass is 240 g/mol. The van der Waals surface area contributed by atoms with Crippen LogP contribution in [-0.2, 0) is 4.79 Å². The molecule has 2 nitrogen and oxygen atoms in total. The van der Waals surface area contributed by atoms with E-state index < -0.39 is 5.97 Å². The van der Waals surface area contributed by atoms with Crippen LogP contribution < -0.4 is 0 Å². The van der Waals surface area contributed by atoms with Crippen LogP contribution in [0, 0.1) is 21.7 Å². The van der Waals surface area contributed by atoms with Crippen LogP contribution >= 0.6 is 0 Å².